The Balaban J connectivity index is 1.78. The van der Waals surface area contributed by atoms with Crippen molar-refractivity contribution < 1.29 is 14.6 Å². The van der Waals surface area contributed by atoms with Gasteiger partial charge in [-0.25, -0.2) is 0 Å². The lowest BCUT2D eigenvalue weighted by Gasteiger charge is -2.37. The molecule has 0 aromatic carbocycles. The molecule has 0 radical (unpaired) electrons. The van der Waals surface area contributed by atoms with Gasteiger partial charge in [-0.2, -0.15) is 0 Å². The molecule has 0 aromatic rings. The van der Waals surface area contributed by atoms with Gasteiger partial charge in [0.1, 0.15) is 6.04 Å². The van der Waals surface area contributed by atoms with Crippen LogP contribution >= 0.6 is 0 Å². The number of ether oxygens (including phenoxy) is 1. The molecule has 2 unspecified atom stereocenters. The molecule has 0 aromatic heterocycles. The van der Waals surface area contributed by atoms with Gasteiger partial charge in [0.05, 0.1) is 12.7 Å². The summed E-state index contributed by atoms with van der Waals surface area (Å²) in [5.74, 6) is -0.144. The maximum absolute atomic E-state index is 10.6. The first-order chi connectivity index (χ1) is 6.27. The summed E-state index contributed by atoms with van der Waals surface area (Å²) in [7, 11) is 0. The molecule has 0 bridgehead atoms. The van der Waals surface area contributed by atoms with E-state index in [2.05, 4.69) is 5.32 Å². The fourth-order valence-corrected chi connectivity index (χ4v) is 1.87. The van der Waals surface area contributed by atoms with Crippen LogP contribution in [0.25, 0.3) is 0 Å². The maximum atomic E-state index is 10.6. The largest absolute Gasteiger partial charge is 0.480 e. The van der Waals surface area contributed by atoms with Crippen LogP contribution in [-0.2, 0) is 9.53 Å². The molecule has 74 valence electrons. The van der Waals surface area contributed by atoms with Crippen molar-refractivity contribution in [3.8, 4) is 0 Å². The lowest BCUT2D eigenvalue weighted by Crippen LogP contribution is -2.53. The third-order valence-electron chi connectivity index (χ3n) is 3.02. The Hall–Kier alpha value is -0.610. The molecule has 2 rings (SSSR count). The number of hydrogen-bond donors (Lipinski definition) is 2. The Morgan fingerprint density at radius 3 is 2.62 bits per heavy atom. The van der Waals surface area contributed by atoms with Crippen LogP contribution in [0.2, 0.25) is 0 Å². The van der Waals surface area contributed by atoms with Crippen molar-refractivity contribution in [2.45, 2.75) is 31.4 Å². The zero-order valence-electron chi connectivity index (χ0n) is 7.53. The number of morpholine rings is 1. The van der Waals surface area contributed by atoms with Gasteiger partial charge in [-0.15, -0.1) is 0 Å². The molecular weight excluding hydrogens is 170 g/mol. The average molecular weight is 185 g/mol. The minimum Gasteiger partial charge on any atom is -0.480 e. The molecule has 0 amide bonds. The summed E-state index contributed by atoms with van der Waals surface area (Å²) in [4.78, 5) is 10.6. The van der Waals surface area contributed by atoms with Crippen LogP contribution in [0.4, 0.5) is 0 Å². The summed E-state index contributed by atoms with van der Waals surface area (Å²) in [6, 6.07) is -0.503. The van der Waals surface area contributed by atoms with Gasteiger partial charge in [0.25, 0.3) is 0 Å². The number of aliphatic carboxylic acids is 1. The van der Waals surface area contributed by atoms with E-state index in [4.69, 9.17) is 9.84 Å². The molecule has 4 nitrogen and oxygen atoms in total. The van der Waals surface area contributed by atoms with Crippen molar-refractivity contribution in [2.75, 3.05) is 13.2 Å². The minimum atomic E-state index is -0.813. The maximum Gasteiger partial charge on any atom is 0.323 e. The van der Waals surface area contributed by atoms with E-state index in [0.29, 0.717) is 19.1 Å². The van der Waals surface area contributed by atoms with E-state index in [9.17, 15) is 4.79 Å². The van der Waals surface area contributed by atoms with Crippen LogP contribution in [0.3, 0.4) is 0 Å². The predicted octanol–water partition coefficient (Wildman–Crippen LogP) is 0.228. The summed E-state index contributed by atoms with van der Waals surface area (Å²) >= 11 is 0. The molecule has 13 heavy (non-hydrogen) atoms. The van der Waals surface area contributed by atoms with E-state index in [-0.39, 0.29) is 6.10 Å². The number of carbonyl (C=O) groups is 1. The van der Waals surface area contributed by atoms with Gasteiger partial charge in [-0.1, -0.05) is 6.42 Å². The summed E-state index contributed by atoms with van der Waals surface area (Å²) in [6.07, 6.45) is 4.03. The molecule has 1 saturated carbocycles. The quantitative estimate of drug-likeness (QED) is 0.646. The van der Waals surface area contributed by atoms with E-state index in [0.717, 1.165) is 0 Å². The standard InChI is InChI=1S/C9H15NO3/c11-9(12)7-5-13-8(4-10-7)6-2-1-3-6/h6-8,10H,1-5H2,(H,11,12). The fourth-order valence-electron chi connectivity index (χ4n) is 1.87. The van der Waals surface area contributed by atoms with Crippen molar-refractivity contribution in [3.05, 3.63) is 0 Å². The average Bonchev–Trinajstić information content (AvgIpc) is 2.02. The number of carboxylic acid groups (broad SMARTS) is 1. The van der Waals surface area contributed by atoms with E-state index >= 15 is 0 Å². The third-order valence-corrected chi connectivity index (χ3v) is 3.02. The highest BCUT2D eigenvalue weighted by Crippen LogP contribution is 2.31. The number of hydrogen-bond acceptors (Lipinski definition) is 3. The predicted molar refractivity (Wildman–Crippen MR) is 46.5 cm³/mol. The molecule has 1 aliphatic carbocycles. The molecule has 4 heteroatoms. The second-order valence-corrected chi connectivity index (χ2v) is 3.86. The molecule has 1 aliphatic heterocycles. The Kier molecular flexibility index (Phi) is 2.51. The molecule has 2 atom stereocenters. The first-order valence-electron chi connectivity index (χ1n) is 4.85. The zero-order valence-corrected chi connectivity index (χ0v) is 7.53. The van der Waals surface area contributed by atoms with E-state index in [1.165, 1.54) is 19.3 Å². The van der Waals surface area contributed by atoms with Crippen LogP contribution in [0, 0.1) is 5.92 Å². The highest BCUT2D eigenvalue weighted by Gasteiger charge is 2.33. The molecular formula is C9H15NO3. The lowest BCUT2D eigenvalue weighted by molar-refractivity contribution is -0.145. The van der Waals surface area contributed by atoms with Gasteiger partial charge in [-0.05, 0) is 18.8 Å². The minimum absolute atomic E-state index is 0.254. The van der Waals surface area contributed by atoms with Gasteiger partial charge < -0.3 is 9.84 Å². The second kappa shape index (κ2) is 3.64. The van der Waals surface area contributed by atoms with Crippen LogP contribution in [0.15, 0.2) is 0 Å². The Morgan fingerprint density at radius 2 is 2.23 bits per heavy atom. The van der Waals surface area contributed by atoms with Gasteiger partial charge in [0.15, 0.2) is 0 Å². The summed E-state index contributed by atoms with van der Waals surface area (Å²) in [6.45, 7) is 1.01. The second-order valence-electron chi connectivity index (χ2n) is 3.86. The van der Waals surface area contributed by atoms with Gasteiger partial charge in [0, 0.05) is 6.54 Å². The first kappa shape index (κ1) is 8.97. The highest BCUT2D eigenvalue weighted by atomic mass is 16.5. The monoisotopic (exact) mass is 185 g/mol. The summed E-state index contributed by atoms with van der Waals surface area (Å²) < 4.78 is 5.51. The Morgan fingerprint density at radius 1 is 1.46 bits per heavy atom. The van der Waals surface area contributed by atoms with Crippen molar-refractivity contribution >= 4 is 5.97 Å². The van der Waals surface area contributed by atoms with Crippen molar-refractivity contribution in [1.29, 1.82) is 0 Å². The Bertz CT molecular complexity index is 195. The fraction of sp³-hybridized carbons (Fsp3) is 0.889. The van der Waals surface area contributed by atoms with Crippen molar-refractivity contribution in [3.63, 3.8) is 0 Å². The molecule has 0 spiro atoms. The highest BCUT2D eigenvalue weighted by molar-refractivity contribution is 5.73. The number of rotatable bonds is 2. The summed E-state index contributed by atoms with van der Waals surface area (Å²) in [5, 5.41) is 11.7. The van der Waals surface area contributed by atoms with Crippen molar-refractivity contribution in [1.82, 2.24) is 5.32 Å². The first-order valence-corrected chi connectivity index (χ1v) is 4.85. The van der Waals surface area contributed by atoms with E-state index in [1.54, 1.807) is 0 Å². The third kappa shape index (κ3) is 1.84. The molecule has 1 saturated heterocycles. The number of carboxylic acids is 1. The van der Waals surface area contributed by atoms with E-state index in [1.807, 2.05) is 0 Å². The lowest BCUT2D eigenvalue weighted by atomic mass is 9.80. The number of nitrogens with one attached hydrogen (secondary N) is 1. The van der Waals surface area contributed by atoms with Crippen molar-refractivity contribution in [2.24, 2.45) is 5.92 Å². The SMILES string of the molecule is O=C(O)C1COC(C2CCC2)CN1. The molecule has 2 N–H and O–H groups in total. The van der Waals surface area contributed by atoms with Crippen LogP contribution in [0.5, 0.6) is 0 Å². The molecule has 2 fully saturated rings. The molecule has 2 aliphatic rings. The topological polar surface area (TPSA) is 58.6 Å². The smallest absolute Gasteiger partial charge is 0.323 e. The van der Waals surface area contributed by atoms with Gasteiger partial charge in [0.2, 0.25) is 0 Å². The van der Waals surface area contributed by atoms with Crippen LogP contribution < -0.4 is 5.32 Å². The molecule has 1 heterocycles. The Labute approximate surface area is 77.3 Å². The van der Waals surface area contributed by atoms with Crippen LogP contribution in [-0.4, -0.2) is 36.4 Å². The van der Waals surface area contributed by atoms with Gasteiger partial charge in [-0.3, -0.25) is 10.1 Å². The zero-order chi connectivity index (χ0) is 9.26. The van der Waals surface area contributed by atoms with Gasteiger partial charge >= 0.3 is 5.97 Å². The summed E-state index contributed by atoms with van der Waals surface area (Å²) in [5.41, 5.74) is 0. The normalized spacial score (nSPS) is 35.4. The van der Waals surface area contributed by atoms with E-state index < -0.39 is 12.0 Å². The van der Waals surface area contributed by atoms with Crippen LogP contribution in [0.1, 0.15) is 19.3 Å².